The maximum Gasteiger partial charge on any atom is 0.311 e. The third-order valence-corrected chi connectivity index (χ3v) is 19.9. The fourth-order valence-electron chi connectivity index (χ4n) is 6.40. The molecule has 0 bridgehead atoms. The summed E-state index contributed by atoms with van der Waals surface area (Å²) in [4.78, 5) is 23.4. The number of esters is 1. The Hall–Kier alpha value is -1.81. The highest BCUT2D eigenvalue weighted by Gasteiger charge is 2.48. The normalized spacial score (nSPS) is 12.8. The average Bonchev–Trinajstić information content (AvgIpc) is 2.73. The van der Waals surface area contributed by atoms with E-state index in [0.29, 0.717) is 50.5 Å². The third-order valence-electron chi connectivity index (χ3n) is 7.86. The molecule has 0 spiro atoms. The zero-order valence-corrected chi connectivity index (χ0v) is 27.3. The molecule has 0 fully saturated rings. The maximum atomic E-state index is 12.6. The molecule has 6 nitrogen and oxygen atoms in total. The van der Waals surface area contributed by atoms with Gasteiger partial charge in [-0.3, -0.25) is 9.59 Å². The molecule has 212 valence electrons. The van der Waals surface area contributed by atoms with E-state index in [1.54, 1.807) is 12.1 Å². The molecule has 0 heterocycles. The van der Waals surface area contributed by atoms with Crippen LogP contribution in [0.15, 0.2) is 18.2 Å². The number of ether oxygens (including phenoxy) is 1. The number of carboxylic acids is 1. The van der Waals surface area contributed by atoms with Crippen molar-refractivity contribution in [3.8, 4) is 17.2 Å². The summed E-state index contributed by atoms with van der Waals surface area (Å²) in [7, 11) is -4.52. The standard InChI is InChI=1S/C29H52O6Si2/c1-19(2)36(20(3)4,21(5)6)34-26-16-25(33-29(32)15-13-14-28(30)31)17-27(18-26)35-37(22(7)8,23(9)10)24(11)12/h16-24H,13-15H2,1-12H3,(H,30,31). The summed E-state index contributed by atoms with van der Waals surface area (Å²) in [6.07, 6.45) is 0.212. The van der Waals surface area contributed by atoms with E-state index in [1.807, 2.05) is 6.07 Å². The minimum absolute atomic E-state index is 0.0406. The first-order valence-corrected chi connectivity index (χ1v) is 18.2. The van der Waals surface area contributed by atoms with Crippen LogP contribution in [-0.2, 0) is 9.59 Å². The molecule has 1 N–H and O–H groups in total. The van der Waals surface area contributed by atoms with Gasteiger partial charge in [0.25, 0.3) is 16.6 Å². The molecule has 0 unspecified atom stereocenters. The molecule has 0 saturated carbocycles. The van der Waals surface area contributed by atoms with E-state index in [0.717, 1.165) is 0 Å². The Morgan fingerprint density at radius 3 is 1.24 bits per heavy atom. The molecule has 0 saturated heterocycles. The van der Waals surface area contributed by atoms with E-state index in [1.165, 1.54) is 0 Å². The Kier molecular flexibility index (Phi) is 12.4. The summed E-state index contributed by atoms with van der Waals surface area (Å²) in [6.45, 7) is 26.9. The molecule has 8 heteroatoms. The van der Waals surface area contributed by atoms with Crippen LogP contribution in [0.25, 0.3) is 0 Å². The van der Waals surface area contributed by atoms with E-state index in [2.05, 4.69) is 83.1 Å². The monoisotopic (exact) mass is 552 g/mol. The van der Waals surface area contributed by atoms with Crippen molar-refractivity contribution >= 4 is 28.6 Å². The second kappa shape index (κ2) is 13.8. The number of rotatable bonds is 15. The van der Waals surface area contributed by atoms with Gasteiger partial charge in [-0.25, -0.2) is 0 Å². The third kappa shape index (κ3) is 8.09. The summed E-state index contributed by atoms with van der Waals surface area (Å²) in [5.74, 6) is 0.352. The Morgan fingerprint density at radius 2 is 0.946 bits per heavy atom. The number of carbonyl (C=O) groups is 2. The van der Waals surface area contributed by atoms with E-state index < -0.39 is 28.6 Å². The van der Waals surface area contributed by atoms with Crippen LogP contribution < -0.4 is 13.6 Å². The fraction of sp³-hybridized carbons (Fsp3) is 0.724. The molecule has 0 aliphatic heterocycles. The lowest BCUT2D eigenvalue weighted by molar-refractivity contribution is -0.137. The largest absolute Gasteiger partial charge is 0.543 e. The zero-order valence-electron chi connectivity index (χ0n) is 25.3. The average molecular weight is 553 g/mol. The molecule has 0 amide bonds. The Bertz CT molecular complexity index is 797. The fourth-order valence-corrected chi connectivity index (χ4v) is 16.9. The minimum Gasteiger partial charge on any atom is -0.543 e. The second-order valence-corrected chi connectivity index (χ2v) is 23.0. The van der Waals surface area contributed by atoms with Gasteiger partial charge in [0.1, 0.15) is 17.2 Å². The summed E-state index contributed by atoms with van der Waals surface area (Å²) in [6, 6.07) is 5.56. The SMILES string of the molecule is CC(C)[Si](Oc1cc(OC(=O)CCCC(=O)O)cc(O[Si](C(C)C)(C(C)C)C(C)C)c1)(C(C)C)C(C)C. The molecule has 1 aromatic carbocycles. The van der Waals surface area contributed by atoms with Crippen LogP contribution in [0.2, 0.25) is 33.2 Å². The maximum absolute atomic E-state index is 12.6. The van der Waals surface area contributed by atoms with Gasteiger partial charge in [-0.1, -0.05) is 83.1 Å². The van der Waals surface area contributed by atoms with Crippen molar-refractivity contribution in [3.05, 3.63) is 18.2 Å². The number of aliphatic carboxylic acids is 1. The van der Waals surface area contributed by atoms with Crippen LogP contribution in [0.5, 0.6) is 17.2 Å². The molecule has 0 aromatic heterocycles. The quantitative estimate of drug-likeness (QED) is 0.133. The van der Waals surface area contributed by atoms with Gasteiger partial charge in [0, 0.05) is 31.0 Å². The van der Waals surface area contributed by atoms with Gasteiger partial charge < -0.3 is 18.7 Å². The molecular weight excluding hydrogens is 500 g/mol. The molecule has 0 aliphatic rings. The first kappa shape index (κ1) is 33.2. The highest BCUT2D eigenvalue weighted by molar-refractivity contribution is 6.78. The van der Waals surface area contributed by atoms with E-state index in [4.69, 9.17) is 18.7 Å². The zero-order chi connectivity index (χ0) is 28.7. The molecule has 0 atom stereocenters. The van der Waals surface area contributed by atoms with E-state index in [9.17, 15) is 9.59 Å². The number of hydrogen-bond acceptors (Lipinski definition) is 5. The van der Waals surface area contributed by atoms with Crippen molar-refractivity contribution in [2.24, 2.45) is 0 Å². The van der Waals surface area contributed by atoms with Crippen LogP contribution in [0.3, 0.4) is 0 Å². The number of benzene rings is 1. The molecule has 1 rings (SSSR count). The van der Waals surface area contributed by atoms with Crippen LogP contribution in [0.1, 0.15) is 102 Å². The van der Waals surface area contributed by atoms with Crippen molar-refractivity contribution in [1.29, 1.82) is 0 Å². The Balaban J connectivity index is 3.58. The predicted octanol–water partition coefficient (Wildman–Crippen LogP) is 8.96. The molecule has 1 aromatic rings. The van der Waals surface area contributed by atoms with Gasteiger partial charge >= 0.3 is 11.9 Å². The second-order valence-electron chi connectivity index (χ2n) is 12.2. The first-order valence-electron chi connectivity index (χ1n) is 14.0. The van der Waals surface area contributed by atoms with Crippen LogP contribution >= 0.6 is 0 Å². The lowest BCUT2D eigenvalue weighted by Crippen LogP contribution is -2.51. The number of carbonyl (C=O) groups excluding carboxylic acids is 1. The van der Waals surface area contributed by atoms with Crippen LogP contribution in [-0.4, -0.2) is 33.7 Å². The number of hydrogen-bond donors (Lipinski definition) is 1. The number of carboxylic acid groups (broad SMARTS) is 1. The van der Waals surface area contributed by atoms with Gasteiger partial charge in [-0.15, -0.1) is 0 Å². The molecule has 0 aliphatic carbocycles. The highest BCUT2D eigenvalue weighted by Crippen LogP contribution is 2.46. The molecular formula is C29H52O6Si2. The van der Waals surface area contributed by atoms with Crippen molar-refractivity contribution in [2.75, 3.05) is 0 Å². The summed E-state index contributed by atoms with van der Waals surface area (Å²) < 4.78 is 19.6. The Morgan fingerprint density at radius 1 is 0.622 bits per heavy atom. The molecule has 0 radical (unpaired) electrons. The summed E-state index contributed by atoms with van der Waals surface area (Å²) in [5, 5.41) is 8.90. The van der Waals surface area contributed by atoms with Gasteiger partial charge in [-0.05, 0) is 39.7 Å². The minimum atomic E-state index is -2.26. The summed E-state index contributed by atoms with van der Waals surface area (Å²) in [5.41, 5.74) is 2.30. The van der Waals surface area contributed by atoms with Crippen LogP contribution in [0.4, 0.5) is 0 Å². The Labute approximate surface area is 227 Å². The van der Waals surface area contributed by atoms with E-state index in [-0.39, 0.29) is 19.3 Å². The highest BCUT2D eigenvalue weighted by atomic mass is 28.4. The lowest BCUT2D eigenvalue weighted by Gasteiger charge is -2.43. The van der Waals surface area contributed by atoms with Crippen LogP contribution in [0, 0.1) is 0 Å². The topological polar surface area (TPSA) is 82.1 Å². The first-order chi connectivity index (χ1) is 17.0. The van der Waals surface area contributed by atoms with Crippen molar-refractivity contribution < 1.29 is 28.3 Å². The lowest BCUT2D eigenvalue weighted by atomic mass is 10.2. The smallest absolute Gasteiger partial charge is 0.311 e. The van der Waals surface area contributed by atoms with Gasteiger partial charge in [0.15, 0.2) is 0 Å². The van der Waals surface area contributed by atoms with Gasteiger partial charge in [0.05, 0.1) is 0 Å². The molecule has 37 heavy (non-hydrogen) atoms. The van der Waals surface area contributed by atoms with Gasteiger partial charge in [0.2, 0.25) is 0 Å². The van der Waals surface area contributed by atoms with Gasteiger partial charge in [-0.2, -0.15) is 0 Å². The van der Waals surface area contributed by atoms with E-state index >= 15 is 0 Å². The van der Waals surface area contributed by atoms with Crippen molar-refractivity contribution in [3.63, 3.8) is 0 Å². The van der Waals surface area contributed by atoms with Crippen molar-refractivity contribution in [1.82, 2.24) is 0 Å². The van der Waals surface area contributed by atoms with Crippen molar-refractivity contribution in [2.45, 2.75) is 136 Å². The summed E-state index contributed by atoms with van der Waals surface area (Å²) >= 11 is 0. The predicted molar refractivity (Wildman–Crippen MR) is 157 cm³/mol.